The number of sulfone groups is 1. The Labute approximate surface area is 149 Å². The van der Waals surface area contributed by atoms with Gasteiger partial charge < -0.3 is 9.14 Å². The summed E-state index contributed by atoms with van der Waals surface area (Å²) in [5.41, 5.74) is 2.41. The van der Waals surface area contributed by atoms with Crippen LogP contribution in [0, 0.1) is 6.92 Å². The van der Waals surface area contributed by atoms with Crippen LogP contribution in [0.1, 0.15) is 21.6 Å². The molecule has 0 atom stereocenters. The van der Waals surface area contributed by atoms with Crippen molar-refractivity contribution in [3.8, 4) is 0 Å². The summed E-state index contributed by atoms with van der Waals surface area (Å²) in [6, 6.07) is 7.73. The summed E-state index contributed by atoms with van der Waals surface area (Å²) >= 11 is 5.99. The fourth-order valence-electron chi connectivity index (χ4n) is 2.33. The van der Waals surface area contributed by atoms with Crippen molar-refractivity contribution in [1.82, 2.24) is 9.38 Å². The molecular weight excluding hydrogens is 364 g/mol. The number of halogens is 1. The Morgan fingerprint density at radius 3 is 2.72 bits per heavy atom. The Balaban J connectivity index is 1.80. The lowest BCUT2D eigenvalue weighted by Crippen LogP contribution is -2.08. The van der Waals surface area contributed by atoms with Crippen LogP contribution in [0.3, 0.4) is 0 Å². The van der Waals surface area contributed by atoms with Gasteiger partial charge in [0.2, 0.25) is 0 Å². The van der Waals surface area contributed by atoms with Gasteiger partial charge in [-0.15, -0.1) is 0 Å². The summed E-state index contributed by atoms with van der Waals surface area (Å²) in [4.78, 5) is 16.6. The SMILES string of the molecule is Cc1ccc2nc(COC(=O)c3cc(S(C)(=O)=O)ccc3Cl)cn2c1. The van der Waals surface area contributed by atoms with E-state index in [9.17, 15) is 13.2 Å². The maximum atomic E-state index is 12.3. The van der Waals surface area contributed by atoms with Crippen molar-refractivity contribution in [3.05, 3.63) is 64.6 Å². The van der Waals surface area contributed by atoms with Crippen LogP contribution in [0.15, 0.2) is 47.6 Å². The van der Waals surface area contributed by atoms with E-state index in [1.807, 2.05) is 29.7 Å². The number of hydrogen-bond acceptors (Lipinski definition) is 5. The highest BCUT2D eigenvalue weighted by Gasteiger charge is 2.17. The molecule has 2 aromatic heterocycles. The number of hydrogen-bond donors (Lipinski definition) is 0. The molecule has 0 amide bonds. The molecule has 0 fully saturated rings. The zero-order valence-electron chi connectivity index (χ0n) is 13.6. The van der Waals surface area contributed by atoms with Gasteiger partial charge in [0.05, 0.1) is 21.2 Å². The van der Waals surface area contributed by atoms with E-state index >= 15 is 0 Å². The molecule has 3 rings (SSSR count). The molecule has 0 saturated carbocycles. The third-order valence-corrected chi connectivity index (χ3v) is 5.03. The Morgan fingerprint density at radius 2 is 2.00 bits per heavy atom. The maximum Gasteiger partial charge on any atom is 0.340 e. The Kier molecular flexibility index (Phi) is 4.53. The van der Waals surface area contributed by atoms with Gasteiger partial charge in [-0.3, -0.25) is 0 Å². The van der Waals surface area contributed by atoms with Crippen LogP contribution in [0.5, 0.6) is 0 Å². The summed E-state index contributed by atoms with van der Waals surface area (Å²) in [6.45, 7) is 1.93. The lowest BCUT2D eigenvalue weighted by atomic mass is 10.2. The number of aryl methyl sites for hydroxylation is 1. The predicted molar refractivity (Wildman–Crippen MR) is 93.6 cm³/mol. The predicted octanol–water partition coefficient (Wildman–Crippen LogP) is 3.06. The smallest absolute Gasteiger partial charge is 0.340 e. The second-order valence-corrected chi connectivity index (χ2v) is 8.12. The van der Waals surface area contributed by atoms with Crippen molar-refractivity contribution < 1.29 is 17.9 Å². The number of aromatic nitrogens is 2. The number of imidazole rings is 1. The molecule has 130 valence electrons. The van der Waals surface area contributed by atoms with Crippen LogP contribution in [-0.4, -0.2) is 30.0 Å². The van der Waals surface area contributed by atoms with E-state index in [4.69, 9.17) is 16.3 Å². The highest BCUT2D eigenvalue weighted by atomic mass is 35.5. The van der Waals surface area contributed by atoms with Gasteiger partial charge in [0.15, 0.2) is 9.84 Å². The lowest BCUT2D eigenvalue weighted by Gasteiger charge is -2.06. The second kappa shape index (κ2) is 6.50. The van der Waals surface area contributed by atoms with Crippen molar-refractivity contribution >= 4 is 33.1 Å². The monoisotopic (exact) mass is 378 g/mol. The minimum atomic E-state index is -3.45. The average molecular weight is 379 g/mol. The normalized spacial score (nSPS) is 11.6. The average Bonchev–Trinajstić information content (AvgIpc) is 2.93. The van der Waals surface area contributed by atoms with Crippen molar-refractivity contribution in [2.75, 3.05) is 6.26 Å². The van der Waals surface area contributed by atoms with Gasteiger partial charge in [0, 0.05) is 18.6 Å². The van der Waals surface area contributed by atoms with E-state index in [2.05, 4.69) is 4.98 Å². The van der Waals surface area contributed by atoms with E-state index in [0.29, 0.717) is 5.69 Å². The van der Waals surface area contributed by atoms with Gasteiger partial charge in [-0.05, 0) is 36.8 Å². The minimum absolute atomic E-state index is 0.00389. The summed E-state index contributed by atoms with van der Waals surface area (Å²) in [5, 5.41) is 0.128. The first kappa shape index (κ1) is 17.4. The van der Waals surface area contributed by atoms with Gasteiger partial charge in [-0.2, -0.15) is 0 Å². The molecule has 0 N–H and O–H groups in total. The third-order valence-electron chi connectivity index (χ3n) is 3.59. The van der Waals surface area contributed by atoms with Gasteiger partial charge in [0.25, 0.3) is 0 Å². The molecule has 0 bridgehead atoms. The quantitative estimate of drug-likeness (QED) is 0.652. The molecule has 3 aromatic rings. The zero-order chi connectivity index (χ0) is 18.2. The molecule has 8 heteroatoms. The summed E-state index contributed by atoms with van der Waals surface area (Å²) in [6.07, 6.45) is 4.74. The standard InChI is InChI=1S/C17H15ClN2O4S/c1-11-3-6-16-19-12(9-20(16)8-11)10-24-17(21)14-7-13(25(2,22)23)4-5-15(14)18/h3-9H,10H2,1-2H3. The molecule has 0 aliphatic heterocycles. The number of nitrogens with zero attached hydrogens (tertiary/aromatic N) is 2. The second-order valence-electron chi connectivity index (χ2n) is 5.69. The summed E-state index contributed by atoms with van der Waals surface area (Å²) in [5.74, 6) is -0.705. The highest BCUT2D eigenvalue weighted by molar-refractivity contribution is 7.90. The van der Waals surface area contributed by atoms with Gasteiger partial charge >= 0.3 is 5.97 Å². The van der Waals surface area contributed by atoms with Crippen LogP contribution in [-0.2, 0) is 21.2 Å². The number of ether oxygens (including phenoxy) is 1. The Hall–Kier alpha value is -2.38. The number of fused-ring (bicyclic) bond motifs is 1. The van der Waals surface area contributed by atoms with E-state index in [0.717, 1.165) is 17.5 Å². The molecule has 1 aromatic carbocycles. The van der Waals surface area contributed by atoms with E-state index in [1.54, 1.807) is 6.20 Å². The van der Waals surface area contributed by atoms with Crippen molar-refractivity contribution in [2.24, 2.45) is 0 Å². The largest absolute Gasteiger partial charge is 0.455 e. The molecular formula is C17H15ClN2O4S. The molecule has 0 radical (unpaired) electrons. The fraction of sp³-hybridized carbons (Fsp3) is 0.176. The van der Waals surface area contributed by atoms with Crippen LogP contribution < -0.4 is 0 Å². The topological polar surface area (TPSA) is 77.7 Å². The number of benzene rings is 1. The lowest BCUT2D eigenvalue weighted by molar-refractivity contribution is 0.0468. The first-order chi connectivity index (χ1) is 11.7. The van der Waals surface area contributed by atoms with Gasteiger partial charge in [-0.25, -0.2) is 18.2 Å². The maximum absolute atomic E-state index is 12.3. The van der Waals surface area contributed by atoms with Gasteiger partial charge in [-0.1, -0.05) is 17.7 Å². The number of rotatable bonds is 4. The molecule has 0 aliphatic carbocycles. The minimum Gasteiger partial charge on any atom is -0.455 e. The van der Waals surface area contributed by atoms with E-state index < -0.39 is 15.8 Å². The third kappa shape index (κ3) is 3.83. The van der Waals surface area contributed by atoms with Crippen LogP contribution in [0.4, 0.5) is 0 Å². The molecule has 2 heterocycles. The number of esters is 1. The number of carbonyl (C=O) groups is 1. The Bertz CT molecular complexity index is 1070. The molecule has 6 nitrogen and oxygen atoms in total. The van der Waals surface area contributed by atoms with E-state index in [1.165, 1.54) is 18.2 Å². The summed E-state index contributed by atoms with van der Waals surface area (Å²) in [7, 11) is -3.45. The number of pyridine rings is 1. The van der Waals surface area contributed by atoms with E-state index in [-0.39, 0.29) is 22.1 Å². The highest BCUT2D eigenvalue weighted by Crippen LogP contribution is 2.22. The van der Waals surface area contributed by atoms with Crippen molar-refractivity contribution in [2.45, 2.75) is 18.4 Å². The Morgan fingerprint density at radius 1 is 1.24 bits per heavy atom. The molecule has 0 spiro atoms. The first-order valence-corrected chi connectivity index (χ1v) is 9.62. The van der Waals surface area contributed by atoms with Gasteiger partial charge in [0.1, 0.15) is 12.3 Å². The summed E-state index contributed by atoms with van der Waals surface area (Å²) < 4.78 is 30.3. The van der Waals surface area contributed by atoms with Crippen LogP contribution in [0.25, 0.3) is 5.65 Å². The van der Waals surface area contributed by atoms with Crippen molar-refractivity contribution in [1.29, 1.82) is 0 Å². The van der Waals surface area contributed by atoms with Crippen LogP contribution in [0.2, 0.25) is 5.02 Å². The molecule has 25 heavy (non-hydrogen) atoms. The van der Waals surface area contributed by atoms with Crippen LogP contribution >= 0.6 is 11.6 Å². The number of carbonyl (C=O) groups excluding carboxylic acids is 1. The zero-order valence-corrected chi connectivity index (χ0v) is 15.1. The fourth-order valence-corrected chi connectivity index (χ4v) is 3.18. The molecule has 0 aliphatic rings. The first-order valence-electron chi connectivity index (χ1n) is 7.35. The van der Waals surface area contributed by atoms with Crippen molar-refractivity contribution in [3.63, 3.8) is 0 Å². The molecule has 0 unspecified atom stereocenters. The molecule has 0 saturated heterocycles.